The average molecular weight is 452 g/mol. The second-order valence-electron chi connectivity index (χ2n) is 5.64. The van der Waals surface area contributed by atoms with Crippen LogP contribution < -0.4 is 14.8 Å². The summed E-state index contributed by atoms with van der Waals surface area (Å²) in [5, 5.41) is 13.7. The number of rotatable bonds is 5. The highest BCUT2D eigenvalue weighted by Crippen LogP contribution is 2.39. The number of fused-ring (bicyclic) bond motifs is 1. The van der Waals surface area contributed by atoms with E-state index in [-0.39, 0.29) is 28.4 Å². The van der Waals surface area contributed by atoms with Crippen LogP contribution >= 0.6 is 15.9 Å². The molecule has 2 aromatic rings. The molecule has 1 aromatic carbocycles. The number of amides is 1. The summed E-state index contributed by atoms with van der Waals surface area (Å²) in [6.07, 6.45) is 3.41. The fourth-order valence-electron chi connectivity index (χ4n) is 2.37. The molecule has 0 aliphatic carbocycles. The zero-order chi connectivity index (χ0) is 20.1. The Morgan fingerprint density at radius 2 is 1.93 bits per heavy atom. The molecule has 0 spiro atoms. The lowest BCUT2D eigenvalue weighted by Crippen LogP contribution is -2.21. The van der Waals surface area contributed by atoms with E-state index in [1.54, 1.807) is 0 Å². The van der Waals surface area contributed by atoms with Crippen molar-refractivity contribution in [3.8, 4) is 11.5 Å². The molecule has 0 saturated carbocycles. The summed E-state index contributed by atoms with van der Waals surface area (Å²) in [6.45, 7) is 0.129. The molecule has 0 unspecified atom stereocenters. The maximum atomic E-state index is 12.1. The van der Waals surface area contributed by atoms with Gasteiger partial charge in [-0.25, -0.2) is 4.79 Å². The number of pyridine rings is 1. The van der Waals surface area contributed by atoms with Gasteiger partial charge in [0.25, 0.3) is 11.6 Å². The van der Waals surface area contributed by atoms with E-state index in [0.717, 1.165) is 0 Å². The molecule has 1 amide bonds. The van der Waals surface area contributed by atoms with E-state index in [1.165, 1.54) is 30.6 Å². The van der Waals surface area contributed by atoms with Crippen molar-refractivity contribution in [3.05, 3.63) is 50.7 Å². The molecular formula is C17H14BrN3O7. The van der Waals surface area contributed by atoms with E-state index in [9.17, 15) is 19.7 Å². The number of nitrogens with one attached hydrogen (secondary N) is 1. The van der Waals surface area contributed by atoms with Gasteiger partial charge < -0.3 is 19.5 Å². The summed E-state index contributed by atoms with van der Waals surface area (Å²) in [4.78, 5) is 38.6. The first-order valence-electron chi connectivity index (χ1n) is 8.09. The second kappa shape index (κ2) is 8.65. The van der Waals surface area contributed by atoms with Crippen molar-refractivity contribution < 1.29 is 28.7 Å². The number of nitro groups is 1. The minimum absolute atomic E-state index is 0.0839. The van der Waals surface area contributed by atoms with Crippen molar-refractivity contribution in [3.63, 3.8) is 0 Å². The fraction of sp³-hybridized carbons (Fsp3) is 0.235. The molecule has 11 heteroatoms. The predicted molar refractivity (Wildman–Crippen MR) is 99.6 cm³/mol. The third-order valence-electron chi connectivity index (χ3n) is 3.61. The van der Waals surface area contributed by atoms with Crippen molar-refractivity contribution in [2.24, 2.45) is 0 Å². The molecule has 10 nitrogen and oxygen atoms in total. The first-order chi connectivity index (χ1) is 13.4. The fourth-order valence-corrected chi connectivity index (χ4v) is 2.74. The number of hydrogen-bond acceptors (Lipinski definition) is 8. The quantitative estimate of drug-likeness (QED) is 0.417. The minimum atomic E-state index is -0.753. The van der Waals surface area contributed by atoms with E-state index in [0.29, 0.717) is 24.1 Å². The molecule has 1 aromatic heterocycles. The van der Waals surface area contributed by atoms with Crippen molar-refractivity contribution in [1.29, 1.82) is 0 Å². The molecule has 0 bridgehead atoms. The van der Waals surface area contributed by atoms with Crippen molar-refractivity contribution in [1.82, 2.24) is 4.98 Å². The van der Waals surface area contributed by atoms with Gasteiger partial charge in [0.1, 0.15) is 5.69 Å². The Morgan fingerprint density at radius 1 is 1.21 bits per heavy atom. The van der Waals surface area contributed by atoms with Gasteiger partial charge in [0.2, 0.25) is 0 Å². The van der Waals surface area contributed by atoms with Gasteiger partial charge in [-0.05, 0) is 22.0 Å². The van der Waals surface area contributed by atoms with Gasteiger partial charge in [0, 0.05) is 29.4 Å². The molecule has 146 valence electrons. The van der Waals surface area contributed by atoms with Crippen LogP contribution in [0.1, 0.15) is 16.8 Å². The number of nitrogens with zero attached hydrogens (tertiary/aromatic N) is 2. The Morgan fingerprint density at radius 3 is 2.61 bits per heavy atom. The minimum Gasteiger partial charge on any atom is -0.489 e. The Bertz CT molecular complexity index is 935. The molecule has 1 aliphatic heterocycles. The largest absolute Gasteiger partial charge is 0.489 e. The Balaban J connectivity index is 1.70. The lowest BCUT2D eigenvalue weighted by molar-refractivity contribution is -0.384. The Hall–Kier alpha value is -3.21. The molecule has 0 saturated heterocycles. The summed E-state index contributed by atoms with van der Waals surface area (Å²) in [5.41, 5.74) is -0.289. The number of anilines is 1. The molecule has 0 atom stereocenters. The van der Waals surface area contributed by atoms with Crippen molar-refractivity contribution in [2.45, 2.75) is 6.42 Å². The number of hydrogen-bond donors (Lipinski definition) is 1. The van der Waals surface area contributed by atoms with Crippen molar-refractivity contribution >= 4 is 39.2 Å². The van der Waals surface area contributed by atoms with Crippen LogP contribution in [0.3, 0.4) is 0 Å². The van der Waals surface area contributed by atoms with Crippen LogP contribution in [0, 0.1) is 10.1 Å². The normalized spacial score (nSPS) is 12.6. The van der Waals surface area contributed by atoms with Gasteiger partial charge in [-0.2, -0.15) is 0 Å². The van der Waals surface area contributed by atoms with Gasteiger partial charge in [-0.1, -0.05) is 0 Å². The van der Waals surface area contributed by atoms with Gasteiger partial charge >= 0.3 is 5.97 Å². The molecule has 1 aliphatic rings. The van der Waals surface area contributed by atoms with E-state index in [1.807, 2.05) is 0 Å². The van der Waals surface area contributed by atoms with E-state index >= 15 is 0 Å². The molecule has 3 rings (SSSR count). The SMILES string of the molecule is O=C(COC(=O)c1cncc(Br)c1)Nc1cc2c(cc1[N+](=O)[O-])OCCCO2. The van der Waals surface area contributed by atoms with Crippen molar-refractivity contribution in [2.75, 3.05) is 25.1 Å². The topological polar surface area (TPSA) is 130 Å². The van der Waals surface area contributed by atoms with Gasteiger partial charge in [0.15, 0.2) is 18.1 Å². The van der Waals surface area contributed by atoms with Crippen LogP contribution in [-0.4, -0.2) is 41.6 Å². The smallest absolute Gasteiger partial charge is 0.340 e. The van der Waals surface area contributed by atoms with Crippen LogP contribution in [0.4, 0.5) is 11.4 Å². The molecule has 28 heavy (non-hydrogen) atoms. The zero-order valence-electron chi connectivity index (χ0n) is 14.3. The highest BCUT2D eigenvalue weighted by atomic mass is 79.9. The highest BCUT2D eigenvalue weighted by molar-refractivity contribution is 9.10. The molecule has 2 heterocycles. The Kier molecular flexibility index (Phi) is 6.04. The molecular weight excluding hydrogens is 438 g/mol. The number of carbonyl (C=O) groups excluding carboxylic acids is 2. The van der Waals surface area contributed by atoms with Gasteiger partial charge in [0.05, 0.1) is 29.8 Å². The summed E-state index contributed by atoms with van der Waals surface area (Å²) in [6, 6.07) is 3.99. The maximum absolute atomic E-state index is 12.1. The first kappa shape index (κ1) is 19.5. The number of aromatic nitrogens is 1. The number of ether oxygens (including phenoxy) is 3. The highest BCUT2D eigenvalue weighted by Gasteiger charge is 2.23. The van der Waals surface area contributed by atoms with Crippen LogP contribution in [-0.2, 0) is 9.53 Å². The lowest BCUT2D eigenvalue weighted by Gasteiger charge is -2.11. The third kappa shape index (κ3) is 4.74. The van der Waals surface area contributed by atoms with E-state index < -0.39 is 23.4 Å². The van der Waals surface area contributed by atoms with E-state index in [2.05, 4.69) is 26.2 Å². The maximum Gasteiger partial charge on any atom is 0.340 e. The van der Waals surface area contributed by atoms with Crippen LogP contribution in [0.25, 0.3) is 0 Å². The van der Waals surface area contributed by atoms with Crippen LogP contribution in [0.15, 0.2) is 35.1 Å². The summed E-state index contributed by atoms with van der Waals surface area (Å²) in [5.74, 6) is -0.975. The molecule has 0 radical (unpaired) electrons. The molecule has 1 N–H and O–H groups in total. The molecule has 0 fully saturated rings. The van der Waals surface area contributed by atoms with Gasteiger partial charge in [-0.3, -0.25) is 19.9 Å². The number of nitro benzene ring substituents is 1. The predicted octanol–water partition coefficient (Wildman–Crippen LogP) is 2.71. The number of carbonyl (C=O) groups is 2. The standard InChI is InChI=1S/C17H14BrN3O7/c18-11-4-10(7-19-8-11)17(23)28-9-16(22)20-12-5-14-15(6-13(12)21(24)25)27-3-1-2-26-14/h4-8H,1-3,9H2,(H,20,22). The number of esters is 1. The monoisotopic (exact) mass is 451 g/mol. The summed E-state index contributed by atoms with van der Waals surface area (Å²) < 4.78 is 16.4. The lowest BCUT2D eigenvalue weighted by atomic mass is 10.2. The number of benzene rings is 1. The van der Waals surface area contributed by atoms with Crippen LogP contribution in [0.2, 0.25) is 0 Å². The summed E-state index contributed by atoms with van der Waals surface area (Å²) in [7, 11) is 0. The first-order valence-corrected chi connectivity index (χ1v) is 8.89. The average Bonchev–Trinajstić information content (AvgIpc) is 2.90. The van der Waals surface area contributed by atoms with Crippen LogP contribution in [0.5, 0.6) is 11.5 Å². The van der Waals surface area contributed by atoms with Gasteiger partial charge in [-0.15, -0.1) is 0 Å². The Labute approximate surface area is 167 Å². The summed E-state index contributed by atoms with van der Waals surface area (Å²) >= 11 is 3.18. The third-order valence-corrected chi connectivity index (χ3v) is 4.05. The second-order valence-corrected chi connectivity index (χ2v) is 6.56. The number of halogens is 1. The zero-order valence-corrected chi connectivity index (χ0v) is 15.9. The van der Waals surface area contributed by atoms with E-state index in [4.69, 9.17) is 14.2 Å².